The normalized spacial score (nSPS) is 9.80. The molecule has 53 valence electrons. The Balaban J connectivity index is 2.87. The van der Waals surface area contributed by atoms with Gasteiger partial charge in [0.1, 0.15) is 6.61 Å². The Bertz CT molecular complexity index is 195. The Morgan fingerprint density at radius 2 is 2.40 bits per heavy atom. The van der Waals surface area contributed by atoms with Crippen LogP contribution in [0, 0.1) is 0 Å². The van der Waals surface area contributed by atoms with Gasteiger partial charge in [-0.1, -0.05) is 0 Å². The summed E-state index contributed by atoms with van der Waals surface area (Å²) >= 11 is 1.60. The Morgan fingerprint density at radius 3 is 3.00 bits per heavy atom. The minimum atomic E-state index is -0.179. The van der Waals surface area contributed by atoms with Crippen LogP contribution in [0.5, 0.6) is 0 Å². The third-order valence-electron chi connectivity index (χ3n) is 1.17. The van der Waals surface area contributed by atoms with Gasteiger partial charge < -0.3 is 0 Å². The summed E-state index contributed by atoms with van der Waals surface area (Å²) in [5, 5.41) is 10.4. The van der Waals surface area contributed by atoms with Crippen LogP contribution in [-0.4, -0.2) is 11.2 Å². The van der Waals surface area contributed by atoms with Crippen molar-refractivity contribution in [2.45, 2.75) is 11.5 Å². The maximum Gasteiger partial charge on any atom is 0.109 e. The van der Waals surface area contributed by atoms with E-state index in [1.165, 1.54) is 0 Å². The highest BCUT2D eigenvalue weighted by Gasteiger charge is 1.92. The molecule has 1 rings (SSSR count). The minimum absolute atomic E-state index is 0.179. The first-order chi connectivity index (χ1) is 4.86. The summed E-state index contributed by atoms with van der Waals surface area (Å²) in [7, 11) is 0. The fourth-order valence-corrected chi connectivity index (χ4v) is 1.09. The van der Waals surface area contributed by atoms with Crippen molar-refractivity contribution in [1.29, 1.82) is 0 Å². The molecule has 2 nitrogen and oxygen atoms in total. The van der Waals surface area contributed by atoms with Crippen LogP contribution < -0.4 is 0 Å². The van der Waals surface area contributed by atoms with Gasteiger partial charge in [0, 0.05) is 22.9 Å². The fourth-order valence-electron chi connectivity index (χ4n) is 0.654. The zero-order valence-electron chi connectivity index (χ0n) is 5.70. The predicted molar refractivity (Wildman–Crippen MR) is 40.4 cm³/mol. The highest BCUT2D eigenvalue weighted by Crippen LogP contribution is 2.13. The number of nitrogens with zero attached hydrogens (tertiary/aromatic N) is 1. The zero-order valence-corrected chi connectivity index (χ0v) is 6.52. The summed E-state index contributed by atoms with van der Waals surface area (Å²) in [6.07, 6.45) is 5.32. The Morgan fingerprint density at radius 1 is 1.60 bits per heavy atom. The van der Waals surface area contributed by atoms with Crippen LogP contribution in [0.2, 0.25) is 0 Å². The third kappa shape index (κ3) is 1.72. The monoisotopic (exact) mass is 154 g/mol. The molecule has 10 heavy (non-hydrogen) atoms. The van der Waals surface area contributed by atoms with Gasteiger partial charge in [0.15, 0.2) is 0 Å². The van der Waals surface area contributed by atoms with E-state index in [2.05, 4.69) is 4.98 Å². The van der Waals surface area contributed by atoms with Crippen LogP contribution in [0.15, 0.2) is 23.4 Å². The SMILES string of the molecule is CSc1cncc(C[O])c1. The number of hydrogen-bond donors (Lipinski definition) is 0. The van der Waals surface area contributed by atoms with E-state index >= 15 is 0 Å². The standard InChI is InChI=1S/C7H8NOS/c1-10-7-2-6(5-9)3-8-4-7/h2-4H,5H2,1H3. The predicted octanol–water partition coefficient (Wildman–Crippen LogP) is 1.73. The molecule has 0 bridgehead atoms. The average molecular weight is 154 g/mol. The van der Waals surface area contributed by atoms with Gasteiger partial charge in [-0.15, -0.1) is 11.8 Å². The molecule has 0 amide bonds. The van der Waals surface area contributed by atoms with Gasteiger partial charge in [0.2, 0.25) is 0 Å². The Labute approximate surface area is 64.3 Å². The second-order valence-electron chi connectivity index (χ2n) is 1.88. The van der Waals surface area contributed by atoms with Crippen LogP contribution in [0.3, 0.4) is 0 Å². The molecule has 3 heteroatoms. The Hall–Kier alpha value is -0.540. The molecule has 0 saturated heterocycles. The number of hydrogen-bond acceptors (Lipinski definition) is 2. The van der Waals surface area contributed by atoms with E-state index in [9.17, 15) is 5.11 Å². The molecule has 1 aromatic rings. The summed E-state index contributed by atoms with van der Waals surface area (Å²) in [4.78, 5) is 4.95. The van der Waals surface area contributed by atoms with E-state index in [-0.39, 0.29) is 6.61 Å². The van der Waals surface area contributed by atoms with E-state index in [0.29, 0.717) is 0 Å². The van der Waals surface area contributed by atoms with Crippen molar-refractivity contribution in [2.75, 3.05) is 6.26 Å². The molecule has 0 unspecified atom stereocenters. The topological polar surface area (TPSA) is 32.8 Å². The minimum Gasteiger partial charge on any atom is -0.263 e. The quantitative estimate of drug-likeness (QED) is 0.608. The van der Waals surface area contributed by atoms with E-state index in [0.717, 1.165) is 10.5 Å². The van der Waals surface area contributed by atoms with Gasteiger partial charge in [-0.2, -0.15) is 0 Å². The first-order valence-electron chi connectivity index (χ1n) is 2.93. The second-order valence-corrected chi connectivity index (χ2v) is 2.76. The lowest BCUT2D eigenvalue weighted by atomic mass is 10.3. The molecule has 0 aliphatic carbocycles. The van der Waals surface area contributed by atoms with Crippen molar-refractivity contribution < 1.29 is 5.11 Å². The molecule has 0 fully saturated rings. The van der Waals surface area contributed by atoms with Crippen molar-refractivity contribution in [1.82, 2.24) is 4.98 Å². The lowest BCUT2D eigenvalue weighted by Crippen LogP contribution is -1.83. The summed E-state index contributed by atoms with van der Waals surface area (Å²) in [5.41, 5.74) is 0.756. The van der Waals surface area contributed by atoms with Crippen LogP contribution >= 0.6 is 11.8 Å². The van der Waals surface area contributed by atoms with Crippen molar-refractivity contribution in [2.24, 2.45) is 0 Å². The molecule has 0 N–H and O–H groups in total. The largest absolute Gasteiger partial charge is 0.263 e. The molecule has 1 heterocycles. The third-order valence-corrected chi connectivity index (χ3v) is 1.87. The first-order valence-corrected chi connectivity index (χ1v) is 4.15. The lowest BCUT2D eigenvalue weighted by molar-refractivity contribution is 0.177. The van der Waals surface area contributed by atoms with Gasteiger partial charge >= 0.3 is 0 Å². The molecule has 0 saturated carbocycles. The highest BCUT2D eigenvalue weighted by atomic mass is 32.2. The summed E-state index contributed by atoms with van der Waals surface area (Å²) < 4.78 is 0. The fraction of sp³-hybridized carbons (Fsp3) is 0.286. The van der Waals surface area contributed by atoms with Crippen LogP contribution in [-0.2, 0) is 11.7 Å². The first kappa shape index (κ1) is 7.57. The number of aromatic nitrogens is 1. The molecular formula is C7H8NOS. The van der Waals surface area contributed by atoms with Gasteiger partial charge in [-0.25, -0.2) is 5.11 Å². The summed E-state index contributed by atoms with van der Waals surface area (Å²) in [5.74, 6) is 0. The van der Waals surface area contributed by atoms with Crippen molar-refractivity contribution in [3.05, 3.63) is 24.0 Å². The van der Waals surface area contributed by atoms with E-state index in [4.69, 9.17) is 0 Å². The molecule has 0 atom stereocenters. The summed E-state index contributed by atoms with van der Waals surface area (Å²) in [6.45, 7) is -0.179. The lowest BCUT2D eigenvalue weighted by Gasteiger charge is -1.95. The van der Waals surface area contributed by atoms with Gasteiger partial charge in [0.25, 0.3) is 0 Å². The average Bonchev–Trinajstić information content (AvgIpc) is 2.05. The number of rotatable bonds is 2. The van der Waals surface area contributed by atoms with Crippen LogP contribution in [0.1, 0.15) is 5.56 Å². The van der Waals surface area contributed by atoms with E-state index in [1.54, 1.807) is 24.2 Å². The maximum absolute atomic E-state index is 10.4. The van der Waals surface area contributed by atoms with Crippen molar-refractivity contribution >= 4 is 11.8 Å². The molecule has 0 aromatic carbocycles. The molecule has 1 radical (unpaired) electrons. The Kier molecular flexibility index (Phi) is 2.71. The van der Waals surface area contributed by atoms with Crippen molar-refractivity contribution in [3.8, 4) is 0 Å². The van der Waals surface area contributed by atoms with E-state index in [1.807, 2.05) is 12.3 Å². The maximum atomic E-state index is 10.4. The number of thioether (sulfide) groups is 1. The van der Waals surface area contributed by atoms with Gasteiger partial charge in [0.05, 0.1) is 0 Å². The number of pyridine rings is 1. The summed E-state index contributed by atoms with van der Waals surface area (Å²) in [6, 6.07) is 1.87. The highest BCUT2D eigenvalue weighted by molar-refractivity contribution is 7.98. The molecular weight excluding hydrogens is 146 g/mol. The molecule has 0 spiro atoms. The van der Waals surface area contributed by atoms with Gasteiger partial charge in [-0.3, -0.25) is 4.98 Å². The van der Waals surface area contributed by atoms with E-state index < -0.39 is 0 Å². The molecule has 0 aliphatic rings. The second kappa shape index (κ2) is 3.58. The van der Waals surface area contributed by atoms with Crippen molar-refractivity contribution in [3.63, 3.8) is 0 Å². The molecule has 0 aliphatic heterocycles. The molecule has 1 aromatic heterocycles. The van der Waals surface area contributed by atoms with Gasteiger partial charge in [-0.05, 0) is 12.3 Å². The van der Waals surface area contributed by atoms with Crippen LogP contribution in [0.4, 0.5) is 0 Å². The smallest absolute Gasteiger partial charge is 0.109 e. The van der Waals surface area contributed by atoms with Crippen LogP contribution in [0.25, 0.3) is 0 Å². The zero-order chi connectivity index (χ0) is 7.40.